The van der Waals surface area contributed by atoms with Crippen molar-refractivity contribution in [2.75, 3.05) is 11.1 Å². The lowest BCUT2D eigenvalue weighted by atomic mass is 10.1. The van der Waals surface area contributed by atoms with Crippen molar-refractivity contribution in [3.05, 3.63) is 52.0 Å². The zero-order valence-electron chi connectivity index (χ0n) is 9.95. The van der Waals surface area contributed by atoms with Crippen LogP contribution >= 0.6 is 15.9 Å². The van der Waals surface area contributed by atoms with E-state index in [0.717, 1.165) is 12.1 Å². The first kappa shape index (κ1) is 14.3. The van der Waals surface area contributed by atoms with Crippen LogP contribution in [-0.2, 0) is 0 Å². The maximum absolute atomic E-state index is 13.7. The number of rotatable bonds is 3. The molecule has 0 aliphatic carbocycles. The molecule has 0 spiro atoms. The Morgan fingerprint density at radius 3 is 2.35 bits per heavy atom. The summed E-state index contributed by atoms with van der Waals surface area (Å²) in [5.41, 5.74) is 5.26. The number of nitrogens with two attached hydrogens (primary N) is 1. The first-order valence-electron chi connectivity index (χ1n) is 5.43. The van der Waals surface area contributed by atoms with Crippen LogP contribution in [0.4, 0.5) is 25.8 Å². The Bertz CT molecular complexity index is 669. The van der Waals surface area contributed by atoms with Crippen LogP contribution in [0, 0.1) is 11.6 Å². The molecule has 0 aromatic heterocycles. The summed E-state index contributed by atoms with van der Waals surface area (Å²) in [7, 11) is 0. The Labute approximate surface area is 121 Å². The predicted octanol–water partition coefficient (Wildman–Crippen LogP) is 3.75. The Hall–Kier alpha value is -2.15. The van der Waals surface area contributed by atoms with E-state index in [4.69, 9.17) is 10.8 Å². The fourth-order valence-corrected chi connectivity index (χ4v) is 2.05. The summed E-state index contributed by atoms with van der Waals surface area (Å²) in [5.74, 6) is -2.93. The van der Waals surface area contributed by atoms with Gasteiger partial charge in [0.1, 0.15) is 5.69 Å². The summed E-state index contributed by atoms with van der Waals surface area (Å²) in [5, 5.41) is 11.5. The highest BCUT2D eigenvalue weighted by atomic mass is 79.9. The smallest absolute Gasteiger partial charge is 0.337 e. The number of hydrogen-bond donors (Lipinski definition) is 3. The molecule has 0 unspecified atom stereocenters. The zero-order chi connectivity index (χ0) is 14.9. The van der Waals surface area contributed by atoms with E-state index in [1.54, 1.807) is 0 Å². The number of nitrogen functional groups attached to an aromatic ring is 1. The standard InChI is InChI=1S/C13H9BrF2N2O2/c14-6-3-9(15)12(10(16)4-6)18-11-5-7(17)1-2-8(11)13(19)20/h1-5,18H,17H2,(H,19,20). The van der Waals surface area contributed by atoms with Gasteiger partial charge in [-0.15, -0.1) is 0 Å². The molecule has 0 aliphatic rings. The van der Waals surface area contributed by atoms with Gasteiger partial charge in [-0.1, -0.05) is 15.9 Å². The quantitative estimate of drug-likeness (QED) is 0.742. The number of nitrogens with one attached hydrogen (secondary N) is 1. The minimum absolute atomic E-state index is 0.0117. The highest BCUT2D eigenvalue weighted by Gasteiger charge is 2.15. The van der Waals surface area contributed by atoms with Gasteiger partial charge in [0.2, 0.25) is 0 Å². The van der Waals surface area contributed by atoms with Crippen molar-refractivity contribution in [2.45, 2.75) is 0 Å². The van der Waals surface area contributed by atoms with Crippen molar-refractivity contribution < 1.29 is 18.7 Å². The first-order valence-corrected chi connectivity index (χ1v) is 6.22. The summed E-state index contributed by atoms with van der Waals surface area (Å²) >= 11 is 2.96. The molecule has 2 rings (SSSR count). The van der Waals surface area contributed by atoms with Crippen LogP contribution in [0.5, 0.6) is 0 Å². The van der Waals surface area contributed by atoms with Crippen LogP contribution in [0.1, 0.15) is 10.4 Å². The molecule has 2 aromatic rings. The van der Waals surface area contributed by atoms with Crippen LogP contribution < -0.4 is 11.1 Å². The van der Waals surface area contributed by atoms with Gasteiger partial charge in [-0.25, -0.2) is 13.6 Å². The number of benzene rings is 2. The van der Waals surface area contributed by atoms with Gasteiger partial charge in [-0.3, -0.25) is 0 Å². The lowest BCUT2D eigenvalue weighted by molar-refractivity contribution is 0.0698. The average molecular weight is 343 g/mol. The number of carboxylic acids is 1. The molecule has 0 bridgehead atoms. The molecule has 0 aliphatic heterocycles. The average Bonchev–Trinajstić information content (AvgIpc) is 2.33. The Morgan fingerprint density at radius 2 is 1.80 bits per heavy atom. The van der Waals surface area contributed by atoms with Crippen LogP contribution in [-0.4, -0.2) is 11.1 Å². The SMILES string of the molecule is Nc1ccc(C(=O)O)c(Nc2c(F)cc(Br)cc2F)c1. The van der Waals surface area contributed by atoms with Crippen molar-refractivity contribution in [1.82, 2.24) is 0 Å². The topological polar surface area (TPSA) is 75.4 Å². The summed E-state index contributed by atoms with van der Waals surface area (Å²) in [6.07, 6.45) is 0. The van der Waals surface area contributed by atoms with Crippen LogP contribution in [0.15, 0.2) is 34.8 Å². The highest BCUT2D eigenvalue weighted by Crippen LogP contribution is 2.29. The van der Waals surface area contributed by atoms with E-state index < -0.39 is 23.3 Å². The Kier molecular flexibility index (Phi) is 3.89. The zero-order valence-corrected chi connectivity index (χ0v) is 11.5. The van der Waals surface area contributed by atoms with E-state index in [2.05, 4.69) is 21.2 Å². The van der Waals surface area contributed by atoms with Gasteiger partial charge in [-0.05, 0) is 30.3 Å². The third kappa shape index (κ3) is 2.88. The number of anilines is 3. The molecular weight excluding hydrogens is 334 g/mol. The van der Waals surface area contributed by atoms with Gasteiger partial charge in [0.15, 0.2) is 11.6 Å². The lowest BCUT2D eigenvalue weighted by Gasteiger charge is -2.12. The predicted molar refractivity (Wildman–Crippen MR) is 75.2 cm³/mol. The third-order valence-electron chi connectivity index (χ3n) is 2.54. The second kappa shape index (κ2) is 5.46. The fourth-order valence-electron chi connectivity index (χ4n) is 1.65. The highest BCUT2D eigenvalue weighted by molar-refractivity contribution is 9.10. The fraction of sp³-hybridized carbons (Fsp3) is 0. The van der Waals surface area contributed by atoms with Crippen molar-refractivity contribution in [3.63, 3.8) is 0 Å². The number of halogens is 3. The van der Waals surface area contributed by atoms with Gasteiger partial charge in [0.05, 0.1) is 11.3 Å². The molecule has 0 heterocycles. The molecule has 4 nitrogen and oxygen atoms in total. The van der Waals surface area contributed by atoms with Crippen molar-refractivity contribution in [1.29, 1.82) is 0 Å². The number of carboxylic acid groups (broad SMARTS) is 1. The number of carbonyl (C=O) groups is 1. The minimum Gasteiger partial charge on any atom is -0.478 e. The molecule has 104 valence electrons. The lowest BCUT2D eigenvalue weighted by Crippen LogP contribution is -2.06. The van der Waals surface area contributed by atoms with Crippen molar-refractivity contribution >= 4 is 39.0 Å². The molecule has 0 fully saturated rings. The van der Waals surface area contributed by atoms with E-state index in [0.29, 0.717) is 0 Å². The van der Waals surface area contributed by atoms with Gasteiger partial charge in [0.25, 0.3) is 0 Å². The third-order valence-corrected chi connectivity index (χ3v) is 3.00. The molecule has 7 heteroatoms. The molecule has 0 saturated carbocycles. The Morgan fingerprint density at radius 1 is 1.20 bits per heavy atom. The molecule has 2 aromatic carbocycles. The summed E-state index contributed by atoms with van der Waals surface area (Å²) in [6, 6.07) is 6.08. The van der Waals surface area contributed by atoms with Gasteiger partial charge < -0.3 is 16.2 Å². The molecule has 0 amide bonds. The second-order valence-electron chi connectivity index (χ2n) is 3.98. The van der Waals surface area contributed by atoms with Crippen LogP contribution in [0.3, 0.4) is 0 Å². The monoisotopic (exact) mass is 342 g/mol. The number of hydrogen-bond acceptors (Lipinski definition) is 3. The van der Waals surface area contributed by atoms with Crippen molar-refractivity contribution in [3.8, 4) is 0 Å². The van der Waals surface area contributed by atoms with Gasteiger partial charge in [0, 0.05) is 10.2 Å². The first-order chi connectivity index (χ1) is 9.38. The second-order valence-corrected chi connectivity index (χ2v) is 4.90. The maximum Gasteiger partial charge on any atom is 0.337 e. The van der Waals surface area contributed by atoms with E-state index >= 15 is 0 Å². The number of aromatic carboxylic acids is 1. The van der Waals surface area contributed by atoms with E-state index in [9.17, 15) is 13.6 Å². The van der Waals surface area contributed by atoms with E-state index in [1.165, 1.54) is 18.2 Å². The summed E-state index contributed by atoms with van der Waals surface area (Å²) < 4.78 is 27.7. The maximum atomic E-state index is 13.7. The Balaban J connectivity index is 2.50. The largest absolute Gasteiger partial charge is 0.478 e. The minimum atomic E-state index is -1.23. The van der Waals surface area contributed by atoms with E-state index in [1.807, 2.05) is 0 Å². The van der Waals surface area contributed by atoms with Gasteiger partial charge >= 0.3 is 5.97 Å². The van der Waals surface area contributed by atoms with Crippen LogP contribution in [0.25, 0.3) is 0 Å². The van der Waals surface area contributed by atoms with Gasteiger partial charge in [-0.2, -0.15) is 0 Å². The molecule has 20 heavy (non-hydrogen) atoms. The van der Waals surface area contributed by atoms with E-state index in [-0.39, 0.29) is 21.4 Å². The normalized spacial score (nSPS) is 10.3. The van der Waals surface area contributed by atoms with Crippen molar-refractivity contribution in [2.24, 2.45) is 0 Å². The molecular formula is C13H9BrF2N2O2. The molecule has 4 N–H and O–H groups in total. The summed E-state index contributed by atoms with van der Waals surface area (Å²) in [6.45, 7) is 0. The molecule has 0 atom stereocenters. The summed E-state index contributed by atoms with van der Waals surface area (Å²) in [4.78, 5) is 11.1. The molecule has 0 saturated heterocycles. The molecule has 0 radical (unpaired) electrons. The van der Waals surface area contributed by atoms with Crippen LogP contribution in [0.2, 0.25) is 0 Å².